The Bertz CT molecular complexity index is 318. The molecule has 0 bridgehead atoms. The number of benzene rings is 1. The minimum atomic E-state index is 0.478. The lowest BCUT2D eigenvalue weighted by molar-refractivity contribution is 0.0349. The summed E-state index contributed by atoms with van der Waals surface area (Å²) in [6, 6.07) is 8.68. The number of hydrogen-bond acceptors (Lipinski definition) is 2. The molecule has 2 rings (SSSR count). The zero-order chi connectivity index (χ0) is 11.2. The van der Waals surface area contributed by atoms with Gasteiger partial charge in [-0.05, 0) is 44.8 Å². The van der Waals surface area contributed by atoms with E-state index >= 15 is 0 Å². The van der Waals surface area contributed by atoms with Crippen LogP contribution in [0.15, 0.2) is 24.3 Å². The highest BCUT2D eigenvalue weighted by Gasteiger charge is 2.12. The van der Waals surface area contributed by atoms with Crippen molar-refractivity contribution in [3.8, 4) is 0 Å². The highest BCUT2D eigenvalue weighted by molar-refractivity contribution is 5.22. The van der Waals surface area contributed by atoms with Crippen molar-refractivity contribution in [1.29, 1.82) is 0 Å². The molecule has 0 spiro atoms. The van der Waals surface area contributed by atoms with Gasteiger partial charge < -0.3 is 10.1 Å². The van der Waals surface area contributed by atoms with Crippen LogP contribution >= 0.6 is 0 Å². The van der Waals surface area contributed by atoms with Crippen molar-refractivity contribution >= 4 is 0 Å². The van der Waals surface area contributed by atoms with Crippen LogP contribution in [0.5, 0.6) is 0 Å². The first-order valence-electron chi connectivity index (χ1n) is 6.22. The third kappa shape index (κ3) is 3.62. The molecule has 88 valence electrons. The highest BCUT2D eigenvalue weighted by Crippen LogP contribution is 2.09. The zero-order valence-electron chi connectivity index (χ0n) is 10.0. The summed E-state index contributed by atoms with van der Waals surface area (Å²) in [5, 5.41) is 3.35. The van der Waals surface area contributed by atoms with E-state index in [4.69, 9.17) is 4.74 Å². The maximum absolute atomic E-state index is 5.89. The molecule has 0 radical (unpaired) electrons. The average molecular weight is 219 g/mol. The van der Waals surface area contributed by atoms with Crippen LogP contribution in [0.4, 0.5) is 0 Å². The topological polar surface area (TPSA) is 21.3 Å². The van der Waals surface area contributed by atoms with Gasteiger partial charge in [-0.25, -0.2) is 0 Å². The van der Waals surface area contributed by atoms with Gasteiger partial charge in [-0.15, -0.1) is 0 Å². The Balaban J connectivity index is 1.71. The Morgan fingerprint density at radius 3 is 2.88 bits per heavy atom. The molecule has 1 aromatic rings. The van der Waals surface area contributed by atoms with E-state index in [1.807, 2.05) is 0 Å². The van der Waals surface area contributed by atoms with Crippen molar-refractivity contribution in [2.45, 2.75) is 32.3 Å². The summed E-state index contributed by atoms with van der Waals surface area (Å²) in [6.45, 7) is 5.20. The number of hydrogen-bond donors (Lipinski definition) is 1. The average Bonchev–Trinajstić information content (AvgIpc) is 2.30. The molecule has 16 heavy (non-hydrogen) atoms. The molecular formula is C14H21NO. The normalized spacial score (nSPS) is 17.6. The molecule has 1 saturated heterocycles. The smallest absolute Gasteiger partial charge is 0.0599 e. The fourth-order valence-corrected chi connectivity index (χ4v) is 2.17. The van der Waals surface area contributed by atoms with Crippen molar-refractivity contribution in [3.05, 3.63) is 35.4 Å². The second-order valence-corrected chi connectivity index (χ2v) is 4.56. The van der Waals surface area contributed by atoms with Crippen LogP contribution in [-0.2, 0) is 11.2 Å². The summed E-state index contributed by atoms with van der Waals surface area (Å²) in [5.41, 5.74) is 2.72. The number of rotatable bonds is 4. The SMILES string of the molecule is Cc1cccc(CCOC2CCNCC2)c1. The molecule has 0 atom stereocenters. The van der Waals surface area contributed by atoms with Crippen LogP contribution in [0.2, 0.25) is 0 Å². The molecule has 0 unspecified atom stereocenters. The van der Waals surface area contributed by atoms with Crippen molar-refractivity contribution in [2.75, 3.05) is 19.7 Å². The van der Waals surface area contributed by atoms with E-state index in [0.29, 0.717) is 6.10 Å². The fraction of sp³-hybridized carbons (Fsp3) is 0.571. The van der Waals surface area contributed by atoms with Crippen molar-refractivity contribution < 1.29 is 4.74 Å². The number of ether oxygens (including phenoxy) is 1. The fourth-order valence-electron chi connectivity index (χ4n) is 2.17. The van der Waals surface area contributed by atoms with E-state index in [-0.39, 0.29) is 0 Å². The lowest BCUT2D eigenvalue weighted by atomic mass is 10.1. The van der Waals surface area contributed by atoms with Gasteiger partial charge in [0.2, 0.25) is 0 Å². The van der Waals surface area contributed by atoms with E-state index in [1.165, 1.54) is 11.1 Å². The predicted octanol–water partition coefficient (Wildman–Crippen LogP) is 2.31. The Labute approximate surface area is 98.0 Å². The predicted molar refractivity (Wildman–Crippen MR) is 66.7 cm³/mol. The molecule has 1 heterocycles. The summed E-state index contributed by atoms with van der Waals surface area (Å²) in [7, 11) is 0. The molecule has 1 aliphatic rings. The molecule has 1 fully saturated rings. The van der Waals surface area contributed by atoms with Crippen molar-refractivity contribution in [3.63, 3.8) is 0 Å². The molecule has 1 aromatic carbocycles. The molecule has 0 aliphatic carbocycles. The first-order chi connectivity index (χ1) is 7.84. The number of aryl methyl sites for hydroxylation is 1. The molecule has 2 heteroatoms. The van der Waals surface area contributed by atoms with Crippen LogP contribution in [0.25, 0.3) is 0 Å². The first-order valence-corrected chi connectivity index (χ1v) is 6.22. The summed E-state index contributed by atoms with van der Waals surface area (Å²) in [6.07, 6.45) is 3.83. The van der Waals surface area contributed by atoms with Gasteiger partial charge in [-0.2, -0.15) is 0 Å². The lowest BCUT2D eigenvalue weighted by Gasteiger charge is -2.22. The minimum absolute atomic E-state index is 0.478. The van der Waals surface area contributed by atoms with Crippen LogP contribution in [0.1, 0.15) is 24.0 Å². The second-order valence-electron chi connectivity index (χ2n) is 4.56. The standard InChI is InChI=1S/C14H21NO/c1-12-3-2-4-13(11-12)7-10-16-14-5-8-15-9-6-14/h2-4,11,14-15H,5-10H2,1H3. The Hall–Kier alpha value is -0.860. The van der Waals surface area contributed by atoms with Crippen LogP contribution in [0.3, 0.4) is 0 Å². The zero-order valence-corrected chi connectivity index (χ0v) is 10.0. The van der Waals surface area contributed by atoms with Crippen molar-refractivity contribution in [2.24, 2.45) is 0 Å². The Kier molecular flexibility index (Phi) is 4.37. The van der Waals surface area contributed by atoms with Crippen LogP contribution < -0.4 is 5.32 Å². The lowest BCUT2D eigenvalue weighted by Crippen LogP contribution is -2.32. The monoisotopic (exact) mass is 219 g/mol. The molecule has 2 nitrogen and oxygen atoms in total. The van der Waals surface area contributed by atoms with Gasteiger partial charge in [0.25, 0.3) is 0 Å². The second kappa shape index (κ2) is 6.02. The molecule has 1 aliphatic heterocycles. The quantitative estimate of drug-likeness (QED) is 0.839. The maximum Gasteiger partial charge on any atom is 0.0599 e. The first kappa shape index (κ1) is 11.6. The maximum atomic E-state index is 5.89. The van der Waals surface area contributed by atoms with E-state index in [1.54, 1.807) is 0 Å². The van der Waals surface area contributed by atoms with Gasteiger partial charge in [0.15, 0.2) is 0 Å². The highest BCUT2D eigenvalue weighted by atomic mass is 16.5. The van der Waals surface area contributed by atoms with Crippen LogP contribution in [-0.4, -0.2) is 25.8 Å². The van der Waals surface area contributed by atoms with E-state index < -0.39 is 0 Å². The van der Waals surface area contributed by atoms with Gasteiger partial charge in [-0.3, -0.25) is 0 Å². The van der Waals surface area contributed by atoms with E-state index in [0.717, 1.165) is 39.0 Å². The van der Waals surface area contributed by atoms with Crippen molar-refractivity contribution in [1.82, 2.24) is 5.32 Å². The van der Waals surface area contributed by atoms with Gasteiger partial charge in [0.05, 0.1) is 12.7 Å². The summed E-state index contributed by atoms with van der Waals surface area (Å²) in [4.78, 5) is 0. The van der Waals surface area contributed by atoms with E-state index in [9.17, 15) is 0 Å². The molecule has 1 N–H and O–H groups in total. The molecule has 0 aromatic heterocycles. The third-order valence-electron chi connectivity index (χ3n) is 3.11. The largest absolute Gasteiger partial charge is 0.378 e. The van der Waals surface area contributed by atoms with Gasteiger partial charge in [-0.1, -0.05) is 29.8 Å². The van der Waals surface area contributed by atoms with Gasteiger partial charge in [0.1, 0.15) is 0 Å². The molecule has 0 amide bonds. The summed E-state index contributed by atoms with van der Waals surface area (Å²) in [5.74, 6) is 0. The third-order valence-corrected chi connectivity index (χ3v) is 3.11. The number of nitrogens with one attached hydrogen (secondary N) is 1. The van der Waals surface area contributed by atoms with Gasteiger partial charge >= 0.3 is 0 Å². The minimum Gasteiger partial charge on any atom is -0.378 e. The summed E-state index contributed by atoms with van der Waals surface area (Å²) >= 11 is 0. The van der Waals surface area contributed by atoms with Gasteiger partial charge in [0, 0.05) is 0 Å². The Morgan fingerprint density at radius 2 is 2.12 bits per heavy atom. The summed E-state index contributed by atoms with van der Waals surface area (Å²) < 4.78 is 5.89. The van der Waals surface area contributed by atoms with E-state index in [2.05, 4.69) is 36.5 Å². The molecular weight excluding hydrogens is 198 g/mol. The van der Waals surface area contributed by atoms with Crippen LogP contribution in [0, 0.1) is 6.92 Å². The number of piperidine rings is 1. The Morgan fingerprint density at radius 1 is 1.31 bits per heavy atom. The molecule has 0 saturated carbocycles.